The van der Waals surface area contributed by atoms with Gasteiger partial charge in [-0.2, -0.15) is 0 Å². The number of aromatic nitrogens is 1. The van der Waals surface area contributed by atoms with E-state index in [2.05, 4.69) is 20.4 Å². The standard InChI is InChI=1S/C28H33BN3O10/c1-16(2)13-21(29-40-23(35)15-28(42-29,27(38)41-29)14-22(34)39-4)31-26(37)24(17(3)33)32-25(36)20-12-8-11-19(30-20)18-9-6-5-7-10-18/h5-12,16-17,21,24,33H,13-15H2,1-4H3,(H,31,37)(H,32,36)/q-1/t17-,21?,24+,28+,29?/m1/s1. The summed E-state index contributed by atoms with van der Waals surface area (Å²) in [7, 11) is 1.12. The number of nitrogens with one attached hydrogen (secondary N) is 2. The second-order valence-electron chi connectivity index (χ2n) is 10.8. The van der Waals surface area contributed by atoms with Crippen LogP contribution < -0.4 is 10.6 Å². The summed E-state index contributed by atoms with van der Waals surface area (Å²) in [6, 6.07) is 12.6. The molecule has 0 radical (unpaired) electrons. The van der Waals surface area contributed by atoms with Gasteiger partial charge in [-0.05, 0) is 25.0 Å². The van der Waals surface area contributed by atoms with Gasteiger partial charge in [-0.3, -0.25) is 24.0 Å². The Morgan fingerprint density at radius 2 is 1.76 bits per heavy atom. The summed E-state index contributed by atoms with van der Waals surface area (Å²) in [6.45, 7) is 1.70. The molecule has 4 rings (SSSR count). The van der Waals surface area contributed by atoms with Crippen molar-refractivity contribution in [2.45, 2.75) is 63.7 Å². The first kappa shape index (κ1) is 30.7. The monoisotopic (exact) mass is 582 g/mol. The number of hydrogen-bond acceptors (Lipinski definition) is 11. The fourth-order valence-corrected chi connectivity index (χ4v) is 5.05. The molecule has 2 unspecified atom stereocenters. The summed E-state index contributed by atoms with van der Waals surface area (Å²) in [5, 5.41) is 15.6. The second kappa shape index (κ2) is 12.3. The minimum Gasteiger partial charge on any atom is -0.632 e. The molecule has 2 aliphatic heterocycles. The number of hydrogen-bond donors (Lipinski definition) is 3. The molecular weight excluding hydrogens is 549 g/mol. The fraction of sp³-hybridized carbons (Fsp3) is 0.429. The number of amides is 2. The van der Waals surface area contributed by atoms with Gasteiger partial charge in [-0.15, -0.1) is 0 Å². The molecule has 1 aromatic heterocycles. The average Bonchev–Trinajstić information content (AvgIpc) is 3.15. The highest BCUT2D eigenvalue weighted by Gasteiger charge is 2.65. The predicted molar refractivity (Wildman–Crippen MR) is 147 cm³/mol. The van der Waals surface area contributed by atoms with Crippen LogP contribution in [-0.4, -0.2) is 77.4 Å². The minimum atomic E-state index is -3.24. The lowest BCUT2D eigenvalue weighted by molar-refractivity contribution is -0.161. The molecule has 14 heteroatoms. The zero-order chi connectivity index (χ0) is 30.7. The lowest BCUT2D eigenvalue weighted by Crippen LogP contribution is -2.67. The first-order valence-corrected chi connectivity index (χ1v) is 13.6. The van der Waals surface area contributed by atoms with Crippen molar-refractivity contribution in [2.75, 3.05) is 7.11 Å². The summed E-state index contributed by atoms with van der Waals surface area (Å²) < 4.78 is 21.5. The van der Waals surface area contributed by atoms with Crippen LogP contribution in [0.1, 0.15) is 50.5 Å². The Kier molecular flexibility index (Phi) is 8.97. The van der Waals surface area contributed by atoms with E-state index in [4.69, 9.17) is 14.0 Å². The normalized spacial score (nSPS) is 23.3. The van der Waals surface area contributed by atoms with Gasteiger partial charge in [0.15, 0.2) is 0 Å². The molecule has 0 spiro atoms. The summed E-state index contributed by atoms with van der Waals surface area (Å²) in [6.07, 6.45) is -2.42. The highest BCUT2D eigenvalue weighted by Crippen LogP contribution is 2.43. The van der Waals surface area contributed by atoms with Gasteiger partial charge in [0.25, 0.3) is 17.8 Å². The molecule has 5 atom stereocenters. The van der Waals surface area contributed by atoms with Crippen molar-refractivity contribution in [2.24, 2.45) is 5.92 Å². The lowest BCUT2D eigenvalue weighted by Gasteiger charge is -2.46. The van der Waals surface area contributed by atoms with Crippen LogP contribution in [0.15, 0.2) is 48.5 Å². The molecule has 2 saturated heterocycles. The van der Waals surface area contributed by atoms with E-state index in [1.165, 1.54) is 13.0 Å². The van der Waals surface area contributed by atoms with Crippen molar-refractivity contribution in [1.82, 2.24) is 15.6 Å². The number of fused-ring (bicyclic) bond motifs is 2. The number of ether oxygens (including phenoxy) is 1. The molecule has 0 aliphatic carbocycles. The Balaban J connectivity index is 1.56. The van der Waals surface area contributed by atoms with Gasteiger partial charge in [-0.1, -0.05) is 56.7 Å². The molecule has 3 heterocycles. The number of benzene rings is 1. The van der Waals surface area contributed by atoms with Crippen molar-refractivity contribution in [1.29, 1.82) is 0 Å². The topological polar surface area (TPSA) is 179 Å². The number of aliphatic hydroxyl groups excluding tert-OH is 1. The van der Waals surface area contributed by atoms with Gasteiger partial charge >= 0.3 is 12.7 Å². The predicted octanol–water partition coefficient (Wildman–Crippen LogP) is 1.06. The number of aliphatic hydroxyl groups is 1. The molecule has 2 aromatic rings. The quantitative estimate of drug-likeness (QED) is 0.255. The Morgan fingerprint density at radius 3 is 2.40 bits per heavy atom. The molecule has 13 nitrogen and oxygen atoms in total. The number of carbonyl (C=O) groups is 5. The molecule has 2 bridgehead atoms. The minimum absolute atomic E-state index is 0.0122. The van der Waals surface area contributed by atoms with Gasteiger partial charge < -0.3 is 34.4 Å². The SMILES string of the molecule is COC(=O)C[C@]12CC(=O)O[B-](C(CC(C)C)NC(=O)[C@@H](NC(=O)c3cccc(-c4ccccc4)n3)[C@@H](C)O)(OC1=O)O2. The molecule has 2 aliphatic rings. The lowest BCUT2D eigenvalue weighted by atomic mass is 9.64. The number of methoxy groups -OCH3 is 1. The Bertz CT molecular complexity index is 1370. The maximum atomic E-state index is 13.5. The van der Waals surface area contributed by atoms with Crippen LogP contribution in [-0.2, 0) is 37.9 Å². The number of esters is 1. The van der Waals surface area contributed by atoms with Crippen molar-refractivity contribution in [3.63, 3.8) is 0 Å². The first-order valence-electron chi connectivity index (χ1n) is 13.6. The third kappa shape index (κ3) is 6.44. The van der Waals surface area contributed by atoms with E-state index in [0.717, 1.165) is 12.7 Å². The Labute approximate surface area is 242 Å². The van der Waals surface area contributed by atoms with E-state index in [1.807, 2.05) is 44.2 Å². The summed E-state index contributed by atoms with van der Waals surface area (Å²) in [5.74, 6) is -5.57. The Hall–Kier alpha value is -4.30. The number of carbonyl (C=O) groups excluding carboxylic acids is 5. The Morgan fingerprint density at radius 1 is 1.05 bits per heavy atom. The number of rotatable bonds is 11. The highest BCUT2D eigenvalue weighted by atomic mass is 16.8. The summed E-state index contributed by atoms with van der Waals surface area (Å²) >= 11 is 0. The molecule has 2 amide bonds. The molecule has 224 valence electrons. The van der Waals surface area contributed by atoms with Gasteiger partial charge in [0.05, 0.1) is 31.7 Å². The number of nitrogens with zero attached hydrogens (tertiary/aromatic N) is 1. The second-order valence-corrected chi connectivity index (χ2v) is 10.8. The molecule has 2 fully saturated rings. The number of pyridine rings is 1. The van der Waals surface area contributed by atoms with E-state index < -0.39 is 73.0 Å². The first-order chi connectivity index (χ1) is 19.9. The van der Waals surface area contributed by atoms with Crippen molar-refractivity contribution in [3.8, 4) is 11.3 Å². The maximum Gasteiger partial charge on any atom is 0.518 e. The highest BCUT2D eigenvalue weighted by molar-refractivity contribution is 6.68. The third-order valence-electron chi connectivity index (χ3n) is 7.06. The van der Waals surface area contributed by atoms with E-state index in [-0.39, 0.29) is 18.0 Å². The van der Waals surface area contributed by atoms with Crippen LogP contribution in [0, 0.1) is 5.92 Å². The molecule has 0 saturated carbocycles. The fourth-order valence-electron chi connectivity index (χ4n) is 5.05. The third-order valence-corrected chi connectivity index (χ3v) is 7.06. The van der Waals surface area contributed by atoms with Gasteiger partial charge in [0.2, 0.25) is 5.91 Å². The zero-order valence-electron chi connectivity index (χ0n) is 23.7. The van der Waals surface area contributed by atoms with Gasteiger partial charge in [0.1, 0.15) is 17.3 Å². The zero-order valence-corrected chi connectivity index (χ0v) is 23.7. The van der Waals surface area contributed by atoms with Gasteiger partial charge in [0, 0.05) is 11.5 Å². The van der Waals surface area contributed by atoms with Crippen LogP contribution in [0.5, 0.6) is 0 Å². The van der Waals surface area contributed by atoms with E-state index in [1.54, 1.807) is 12.1 Å². The largest absolute Gasteiger partial charge is 0.632 e. The maximum absolute atomic E-state index is 13.5. The van der Waals surface area contributed by atoms with E-state index in [9.17, 15) is 29.1 Å². The smallest absolute Gasteiger partial charge is 0.518 e. The average molecular weight is 582 g/mol. The van der Waals surface area contributed by atoms with E-state index in [0.29, 0.717) is 5.69 Å². The van der Waals surface area contributed by atoms with E-state index >= 15 is 0 Å². The summed E-state index contributed by atoms with van der Waals surface area (Å²) in [5.41, 5.74) is -0.630. The summed E-state index contributed by atoms with van der Waals surface area (Å²) in [4.78, 5) is 68.6. The van der Waals surface area contributed by atoms with Gasteiger partial charge in [-0.25, -0.2) is 4.98 Å². The van der Waals surface area contributed by atoms with Crippen molar-refractivity contribution >= 4 is 36.5 Å². The molecule has 3 N–H and O–H groups in total. The van der Waals surface area contributed by atoms with Crippen LogP contribution in [0.4, 0.5) is 0 Å². The molecule has 42 heavy (non-hydrogen) atoms. The van der Waals surface area contributed by atoms with Crippen LogP contribution >= 0.6 is 0 Å². The van der Waals surface area contributed by atoms with Crippen LogP contribution in [0.2, 0.25) is 0 Å². The van der Waals surface area contributed by atoms with Crippen LogP contribution in [0.25, 0.3) is 11.3 Å². The molecule has 1 aromatic carbocycles. The van der Waals surface area contributed by atoms with Crippen LogP contribution in [0.3, 0.4) is 0 Å². The molecular formula is C28H33BN3O10-. The van der Waals surface area contributed by atoms with Crippen molar-refractivity contribution < 1.29 is 47.8 Å². The van der Waals surface area contributed by atoms with Crippen molar-refractivity contribution in [3.05, 3.63) is 54.2 Å².